The van der Waals surface area contributed by atoms with Crippen molar-refractivity contribution in [2.45, 2.75) is 19.3 Å². The van der Waals surface area contributed by atoms with Gasteiger partial charge < -0.3 is 20.2 Å². The molecule has 0 radical (unpaired) electrons. The van der Waals surface area contributed by atoms with Crippen LogP contribution in [0.4, 0.5) is 10.8 Å². The van der Waals surface area contributed by atoms with Crippen molar-refractivity contribution in [3.8, 4) is 0 Å². The van der Waals surface area contributed by atoms with E-state index in [1.54, 1.807) is 0 Å². The maximum Gasteiger partial charge on any atom is 0.404 e. The Kier molecular flexibility index (Phi) is 5.23. The van der Waals surface area contributed by atoms with Gasteiger partial charge in [-0.2, -0.15) is 4.98 Å². The molecule has 0 aliphatic carbocycles. The molecule has 0 aliphatic rings. The Bertz CT molecular complexity index is 585. The van der Waals surface area contributed by atoms with Gasteiger partial charge in [-0.25, -0.2) is 4.79 Å². The highest BCUT2D eigenvalue weighted by molar-refractivity contribution is 9.10. The molecule has 7 heteroatoms. The first-order valence-electron chi connectivity index (χ1n) is 6.42. The number of rotatable bonds is 7. The van der Waals surface area contributed by atoms with E-state index in [4.69, 9.17) is 9.52 Å². The van der Waals surface area contributed by atoms with Crippen molar-refractivity contribution in [3.63, 3.8) is 0 Å². The molecular formula is C13H16BrN3O3. The van der Waals surface area contributed by atoms with E-state index in [-0.39, 0.29) is 0 Å². The van der Waals surface area contributed by atoms with Crippen LogP contribution in [0.3, 0.4) is 0 Å². The van der Waals surface area contributed by atoms with Crippen molar-refractivity contribution >= 4 is 39.1 Å². The molecule has 0 atom stereocenters. The third-order valence-corrected chi connectivity index (χ3v) is 3.25. The van der Waals surface area contributed by atoms with Gasteiger partial charge in [0.1, 0.15) is 5.52 Å². The predicted molar refractivity (Wildman–Crippen MR) is 80.1 cm³/mol. The number of nitrogens with zero attached hydrogens (tertiary/aromatic N) is 1. The number of anilines is 1. The first kappa shape index (κ1) is 14.6. The minimum absolute atomic E-state index is 0.492. The monoisotopic (exact) mass is 341 g/mol. The molecule has 0 fully saturated rings. The van der Waals surface area contributed by atoms with Gasteiger partial charge >= 0.3 is 6.09 Å². The minimum atomic E-state index is -0.972. The number of benzene rings is 1. The van der Waals surface area contributed by atoms with Gasteiger partial charge in [0.05, 0.1) is 0 Å². The number of oxazole rings is 1. The standard InChI is InChI=1S/C13H16BrN3O3/c14-9-4-5-11-10(8-9)17-12(20-11)15-6-2-1-3-7-16-13(18)19/h4-5,8,16H,1-3,6-7H2,(H,15,17)(H,18,19). The fraction of sp³-hybridized carbons (Fsp3) is 0.385. The molecule has 1 heterocycles. The van der Waals surface area contributed by atoms with Crippen LogP contribution in [-0.2, 0) is 0 Å². The van der Waals surface area contributed by atoms with Gasteiger partial charge in [-0.1, -0.05) is 15.9 Å². The summed E-state index contributed by atoms with van der Waals surface area (Å²) in [4.78, 5) is 14.6. The zero-order valence-electron chi connectivity index (χ0n) is 10.9. The Hall–Kier alpha value is -1.76. The van der Waals surface area contributed by atoms with E-state index in [0.29, 0.717) is 12.6 Å². The fourth-order valence-electron chi connectivity index (χ4n) is 1.79. The van der Waals surface area contributed by atoms with E-state index in [9.17, 15) is 4.79 Å². The van der Waals surface area contributed by atoms with Gasteiger partial charge in [0.25, 0.3) is 6.01 Å². The van der Waals surface area contributed by atoms with Gasteiger partial charge in [0.15, 0.2) is 5.58 Å². The van der Waals surface area contributed by atoms with Crippen LogP contribution in [0.25, 0.3) is 11.1 Å². The van der Waals surface area contributed by atoms with Crippen molar-refractivity contribution in [1.29, 1.82) is 0 Å². The average Bonchev–Trinajstić information content (AvgIpc) is 2.79. The molecule has 2 aromatic rings. The number of carboxylic acid groups (broad SMARTS) is 1. The van der Waals surface area contributed by atoms with E-state index in [1.807, 2.05) is 18.2 Å². The Labute approximate surface area is 124 Å². The van der Waals surface area contributed by atoms with Crippen LogP contribution >= 0.6 is 15.9 Å². The van der Waals surface area contributed by atoms with Crippen LogP contribution in [0.2, 0.25) is 0 Å². The summed E-state index contributed by atoms with van der Waals surface area (Å²) in [6.45, 7) is 1.24. The maximum absolute atomic E-state index is 10.2. The summed E-state index contributed by atoms with van der Waals surface area (Å²) >= 11 is 3.39. The van der Waals surface area contributed by atoms with Crippen LogP contribution in [0, 0.1) is 0 Å². The molecule has 1 amide bonds. The number of unbranched alkanes of at least 4 members (excludes halogenated alkanes) is 2. The van der Waals surface area contributed by atoms with Crippen LogP contribution in [0.15, 0.2) is 27.1 Å². The van der Waals surface area contributed by atoms with Crippen LogP contribution < -0.4 is 10.6 Å². The Balaban J connectivity index is 1.69. The molecule has 20 heavy (non-hydrogen) atoms. The molecule has 6 nitrogen and oxygen atoms in total. The molecule has 0 saturated heterocycles. The number of hydrogen-bond donors (Lipinski definition) is 3. The largest absolute Gasteiger partial charge is 0.465 e. The average molecular weight is 342 g/mol. The minimum Gasteiger partial charge on any atom is -0.465 e. The lowest BCUT2D eigenvalue weighted by atomic mass is 10.2. The molecule has 0 bridgehead atoms. The molecule has 1 aromatic carbocycles. The predicted octanol–water partition coefficient (Wildman–Crippen LogP) is 3.44. The highest BCUT2D eigenvalue weighted by atomic mass is 79.9. The third kappa shape index (κ3) is 4.41. The number of fused-ring (bicyclic) bond motifs is 1. The topological polar surface area (TPSA) is 87.4 Å². The van der Waals surface area contributed by atoms with Crippen molar-refractivity contribution < 1.29 is 14.3 Å². The zero-order chi connectivity index (χ0) is 14.4. The summed E-state index contributed by atoms with van der Waals surface area (Å²) in [6, 6.07) is 6.20. The third-order valence-electron chi connectivity index (χ3n) is 2.76. The number of nitrogens with one attached hydrogen (secondary N) is 2. The smallest absolute Gasteiger partial charge is 0.404 e. The Morgan fingerprint density at radius 3 is 2.90 bits per heavy atom. The van der Waals surface area contributed by atoms with E-state index < -0.39 is 6.09 Å². The number of aromatic nitrogens is 1. The second-order valence-corrected chi connectivity index (χ2v) is 5.27. The molecular weight excluding hydrogens is 326 g/mol. The van der Waals surface area contributed by atoms with Gasteiger partial charge in [-0.3, -0.25) is 0 Å². The summed E-state index contributed by atoms with van der Waals surface area (Å²) in [5.74, 6) is 0. The molecule has 2 rings (SSSR count). The van der Waals surface area contributed by atoms with E-state index in [2.05, 4.69) is 31.5 Å². The molecule has 108 valence electrons. The molecule has 0 spiro atoms. The van der Waals surface area contributed by atoms with E-state index >= 15 is 0 Å². The number of carbonyl (C=O) groups is 1. The van der Waals surface area contributed by atoms with E-state index in [0.717, 1.165) is 41.4 Å². The summed E-state index contributed by atoms with van der Waals surface area (Å²) in [6.07, 6.45) is 1.73. The van der Waals surface area contributed by atoms with Crippen LogP contribution in [0.5, 0.6) is 0 Å². The Morgan fingerprint density at radius 2 is 2.10 bits per heavy atom. The Morgan fingerprint density at radius 1 is 1.30 bits per heavy atom. The first-order chi connectivity index (χ1) is 9.65. The lowest BCUT2D eigenvalue weighted by molar-refractivity contribution is 0.194. The highest BCUT2D eigenvalue weighted by Crippen LogP contribution is 2.22. The van der Waals surface area contributed by atoms with Crippen molar-refractivity contribution in [2.75, 3.05) is 18.4 Å². The van der Waals surface area contributed by atoms with Gasteiger partial charge in [0, 0.05) is 17.6 Å². The van der Waals surface area contributed by atoms with Gasteiger partial charge in [0.2, 0.25) is 0 Å². The van der Waals surface area contributed by atoms with Gasteiger partial charge in [-0.15, -0.1) is 0 Å². The SMILES string of the molecule is O=C(O)NCCCCCNc1nc2cc(Br)ccc2o1. The highest BCUT2D eigenvalue weighted by Gasteiger charge is 2.05. The zero-order valence-corrected chi connectivity index (χ0v) is 12.4. The molecule has 3 N–H and O–H groups in total. The molecule has 1 aromatic heterocycles. The van der Waals surface area contributed by atoms with Crippen LogP contribution in [-0.4, -0.2) is 29.3 Å². The normalized spacial score (nSPS) is 10.7. The number of halogens is 1. The second kappa shape index (κ2) is 7.14. The molecule has 0 unspecified atom stereocenters. The van der Waals surface area contributed by atoms with E-state index in [1.165, 1.54) is 0 Å². The first-order valence-corrected chi connectivity index (χ1v) is 7.21. The summed E-state index contributed by atoms with van der Waals surface area (Å²) in [7, 11) is 0. The summed E-state index contributed by atoms with van der Waals surface area (Å²) in [5.41, 5.74) is 1.56. The number of hydrogen-bond acceptors (Lipinski definition) is 4. The van der Waals surface area contributed by atoms with Gasteiger partial charge in [-0.05, 0) is 37.5 Å². The second-order valence-electron chi connectivity index (χ2n) is 4.35. The van der Waals surface area contributed by atoms with Crippen molar-refractivity contribution in [3.05, 3.63) is 22.7 Å². The fourth-order valence-corrected chi connectivity index (χ4v) is 2.14. The molecule has 0 aliphatic heterocycles. The molecule has 0 saturated carbocycles. The quantitative estimate of drug-likeness (QED) is 0.671. The van der Waals surface area contributed by atoms with Crippen molar-refractivity contribution in [2.24, 2.45) is 0 Å². The maximum atomic E-state index is 10.2. The lowest BCUT2D eigenvalue weighted by Gasteiger charge is -2.02. The summed E-state index contributed by atoms with van der Waals surface area (Å²) in [5, 5.41) is 13.9. The summed E-state index contributed by atoms with van der Waals surface area (Å²) < 4.78 is 6.52. The lowest BCUT2D eigenvalue weighted by Crippen LogP contribution is -2.21. The van der Waals surface area contributed by atoms with Crippen LogP contribution in [0.1, 0.15) is 19.3 Å². The number of amides is 1. The van der Waals surface area contributed by atoms with Crippen molar-refractivity contribution in [1.82, 2.24) is 10.3 Å².